The molecule has 2 aliphatic rings. The fourth-order valence-electron chi connectivity index (χ4n) is 3.65. The normalized spacial score (nSPS) is 19.3. The third kappa shape index (κ3) is 4.27. The van der Waals surface area contributed by atoms with E-state index in [4.69, 9.17) is 0 Å². The van der Waals surface area contributed by atoms with Crippen molar-refractivity contribution < 1.29 is 4.79 Å². The molecule has 3 heterocycles. The highest BCUT2D eigenvalue weighted by Crippen LogP contribution is 2.31. The second kappa shape index (κ2) is 8.49. The van der Waals surface area contributed by atoms with Crippen molar-refractivity contribution in [1.29, 1.82) is 0 Å². The zero-order chi connectivity index (χ0) is 17.8. The maximum Gasteiger partial charge on any atom is 0.233 e. The first kappa shape index (κ1) is 17.9. The number of hydrogen-bond donors (Lipinski definition) is 0. The summed E-state index contributed by atoms with van der Waals surface area (Å²) in [6.07, 6.45) is 4.75. The van der Waals surface area contributed by atoms with E-state index in [0.29, 0.717) is 11.8 Å². The second-order valence-electron chi connectivity index (χ2n) is 6.87. The molecule has 0 atom stereocenters. The fraction of sp³-hybridized carbons (Fsp3) is 0.647. The molecule has 1 aliphatic heterocycles. The van der Waals surface area contributed by atoms with Gasteiger partial charge in [-0.2, -0.15) is 0 Å². The molecular formula is C17H24N6OS2. The summed E-state index contributed by atoms with van der Waals surface area (Å²) in [5.41, 5.74) is 0. The first-order valence-corrected chi connectivity index (χ1v) is 11.1. The van der Waals surface area contributed by atoms with Gasteiger partial charge < -0.3 is 4.90 Å². The van der Waals surface area contributed by atoms with Crippen LogP contribution in [-0.2, 0) is 11.3 Å². The van der Waals surface area contributed by atoms with Crippen LogP contribution in [0, 0.1) is 0 Å². The van der Waals surface area contributed by atoms with Crippen LogP contribution in [0.5, 0.6) is 0 Å². The molecule has 26 heavy (non-hydrogen) atoms. The van der Waals surface area contributed by atoms with Gasteiger partial charge >= 0.3 is 0 Å². The predicted molar refractivity (Wildman–Crippen MR) is 102 cm³/mol. The standard InChI is InChI=1S/C17H24N6OS2/c24-16(13-26-17-18-19-20-23(17)14-4-1-2-5-14)22-9-7-21(8-10-22)12-15-6-3-11-25-15/h3,6,11,14H,1-2,4-5,7-10,12-13H2. The molecule has 1 saturated heterocycles. The SMILES string of the molecule is O=C(CSc1nnnn1C1CCCC1)N1CCN(Cc2cccs2)CC1. The minimum Gasteiger partial charge on any atom is -0.339 e. The first-order valence-electron chi connectivity index (χ1n) is 9.23. The number of aromatic nitrogens is 4. The van der Waals surface area contributed by atoms with Crippen molar-refractivity contribution in [3.05, 3.63) is 22.4 Å². The minimum atomic E-state index is 0.187. The van der Waals surface area contributed by atoms with Crippen molar-refractivity contribution in [2.24, 2.45) is 0 Å². The third-order valence-electron chi connectivity index (χ3n) is 5.14. The average molecular weight is 393 g/mol. The molecule has 1 saturated carbocycles. The van der Waals surface area contributed by atoms with Gasteiger partial charge in [-0.15, -0.1) is 16.4 Å². The predicted octanol–water partition coefficient (Wildman–Crippen LogP) is 2.29. The second-order valence-corrected chi connectivity index (χ2v) is 8.84. The Bertz CT molecular complexity index is 705. The molecule has 1 amide bonds. The van der Waals surface area contributed by atoms with Gasteiger partial charge in [-0.1, -0.05) is 30.7 Å². The quantitative estimate of drug-likeness (QED) is 0.703. The Hall–Kier alpha value is -1.45. The van der Waals surface area contributed by atoms with Gasteiger partial charge in [0.2, 0.25) is 11.1 Å². The molecule has 4 rings (SSSR count). The maximum atomic E-state index is 12.6. The van der Waals surface area contributed by atoms with Crippen LogP contribution in [0.3, 0.4) is 0 Å². The number of nitrogens with zero attached hydrogens (tertiary/aromatic N) is 6. The van der Waals surface area contributed by atoms with Crippen molar-refractivity contribution in [2.75, 3.05) is 31.9 Å². The monoisotopic (exact) mass is 392 g/mol. The Kier molecular flexibility index (Phi) is 5.86. The summed E-state index contributed by atoms with van der Waals surface area (Å²) in [5, 5.41) is 15.0. The summed E-state index contributed by atoms with van der Waals surface area (Å²) in [6.45, 7) is 4.48. The number of tetrazole rings is 1. The molecule has 0 bridgehead atoms. The van der Waals surface area contributed by atoms with Crippen LogP contribution >= 0.6 is 23.1 Å². The number of rotatable bonds is 6. The third-order valence-corrected chi connectivity index (χ3v) is 6.92. The Morgan fingerprint density at radius 2 is 2.04 bits per heavy atom. The van der Waals surface area contributed by atoms with Gasteiger partial charge in [-0.3, -0.25) is 9.69 Å². The van der Waals surface area contributed by atoms with E-state index in [2.05, 4.69) is 37.9 Å². The molecule has 1 aliphatic carbocycles. The van der Waals surface area contributed by atoms with Crippen molar-refractivity contribution in [3.8, 4) is 0 Å². The van der Waals surface area contributed by atoms with Gasteiger partial charge in [-0.05, 0) is 34.7 Å². The molecular weight excluding hydrogens is 368 g/mol. The molecule has 0 unspecified atom stereocenters. The van der Waals surface area contributed by atoms with Crippen molar-refractivity contribution in [3.63, 3.8) is 0 Å². The van der Waals surface area contributed by atoms with Crippen LogP contribution in [0.4, 0.5) is 0 Å². The van der Waals surface area contributed by atoms with Crippen LogP contribution in [-0.4, -0.2) is 67.8 Å². The number of carbonyl (C=O) groups excluding carboxylic acids is 1. The van der Waals surface area contributed by atoms with Crippen molar-refractivity contribution in [1.82, 2.24) is 30.0 Å². The van der Waals surface area contributed by atoms with E-state index in [-0.39, 0.29) is 5.91 Å². The number of thioether (sulfide) groups is 1. The highest BCUT2D eigenvalue weighted by molar-refractivity contribution is 7.99. The molecule has 2 aromatic rings. The Labute approximate surface area is 161 Å². The zero-order valence-corrected chi connectivity index (χ0v) is 16.4. The van der Waals surface area contributed by atoms with Gasteiger partial charge in [0.1, 0.15) is 0 Å². The Balaban J connectivity index is 1.24. The molecule has 2 aromatic heterocycles. The number of thiophene rings is 1. The summed E-state index contributed by atoms with van der Waals surface area (Å²) in [4.78, 5) is 18.3. The lowest BCUT2D eigenvalue weighted by Crippen LogP contribution is -2.48. The van der Waals surface area contributed by atoms with Crippen LogP contribution < -0.4 is 0 Å². The molecule has 140 valence electrons. The lowest BCUT2D eigenvalue weighted by Gasteiger charge is -2.34. The number of hydrogen-bond acceptors (Lipinski definition) is 7. The van der Waals surface area contributed by atoms with Crippen molar-refractivity contribution >= 4 is 29.0 Å². The summed E-state index contributed by atoms with van der Waals surface area (Å²) >= 11 is 3.27. The number of piperazine rings is 1. The number of amides is 1. The summed E-state index contributed by atoms with van der Waals surface area (Å²) in [5.74, 6) is 0.602. The van der Waals surface area contributed by atoms with Gasteiger partial charge in [0, 0.05) is 37.6 Å². The van der Waals surface area contributed by atoms with Crippen LogP contribution in [0.25, 0.3) is 0 Å². The summed E-state index contributed by atoms with van der Waals surface area (Å²) in [7, 11) is 0. The van der Waals surface area contributed by atoms with E-state index in [9.17, 15) is 4.79 Å². The molecule has 2 fully saturated rings. The van der Waals surface area contributed by atoms with E-state index in [1.165, 1.54) is 29.5 Å². The van der Waals surface area contributed by atoms with E-state index in [1.54, 1.807) is 11.3 Å². The van der Waals surface area contributed by atoms with Crippen LogP contribution in [0.2, 0.25) is 0 Å². The molecule has 0 radical (unpaired) electrons. The largest absolute Gasteiger partial charge is 0.339 e. The lowest BCUT2D eigenvalue weighted by molar-refractivity contribution is -0.130. The minimum absolute atomic E-state index is 0.187. The maximum absolute atomic E-state index is 12.6. The smallest absolute Gasteiger partial charge is 0.233 e. The summed E-state index contributed by atoms with van der Waals surface area (Å²) in [6, 6.07) is 4.67. The molecule has 7 nitrogen and oxygen atoms in total. The van der Waals surface area contributed by atoms with Gasteiger partial charge in [0.05, 0.1) is 11.8 Å². The first-order chi connectivity index (χ1) is 12.8. The van der Waals surface area contributed by atoms with Crippen LogP contribution in [0.1, 0.15) is 36.6 Å². The summed E-state index contributed by atoms with van der Waals surface area (Å²) < 4.78 is 1.92. The van der Waals surface area contributed by atoms with Crippen LogP contribution in [0.15, 0.2) is 22.7 Å². The molecule has 0 aromatic carbocycles. The van der Waals surface area contributed by atoms with E-state index < -0.39 is 0 Å². The Morgan fingerprint density at radius 3 is 2.77 bits per heavy atom. The van der Waals surface area contributed by atoms with E-state index >= 15 is 0 Å². The lowest BCUT2D eigenvalue weighted by atomic mass is 10.3. The van der Waals surface area contributed by atoms with E-state index in [1.807, 2.05) is 9.58 Å². The van der Waals surface area contributed by atoms with Gasteiger partial charge in [0.15, 0.2) is 0 Å². The molecule has 0 spiro atoms. The highest BCUT2D eigenvalue weighted by Gasteiger charge is 2.24. The van der Waals surface area contributed by atoms with Gasteiger partial charge in [-0.25, -0.2) is 4.68 Å². The number of carbonyl (C=O) groups is 1. The fourth-order valence-corrected chi connectivity index (χ4v) is 5.25. The van der Waals surface area contributed by atoms with E-state index in [0.717, 1.165) is 50.7 Å². The zero-order valence-electron chi connectivity index (χ0n) is 14.8. The molecule has 0 N–H and O–H groups in total. The van der Waals surface area contributed by atoms with Crippen molar-refractivity contribution in [2.45, 2.75) is 43.4 Å². The Morgan fingerprint density at radius 1 is 1.23 bits per heavy atom. The average Bonchev–Trinajstić information content (AvgIpc) is 3.41. The highest BCUT2D eigenvalue weighted by atomic mass is 32.2. The van der Waals surface area contributed by atoms with Gasteiger partial charge in [0.25, 0.3) is 0 Å². The topological polar surface area (TPSA) is 67.2 Å². The molecule has 9 heteroatoms.